The molecule has 0 N–H and O–H groups in total. The summed E-state index contributed by atoms with van der Waals surface area (Å²) in [7, 11) is 3.00. The average Bonchev–Trinajstić information content (AvgIpc) is 2.71. The predicted octanol–water partition coefficient (Wildman–Crippen LogP) is 1.25. The van der Waals surface area contributed by atoms with Gasteiger partial charge in [-0.2, -0.15) is 4.98 Å². The standard InChI is InChI=1S/C10H11Br2ClN4O2/c1-15-7-6(8(18)16(2)10(15)19)17(9(13)14-7)4-5(12)3-11/h5H,3-4H2,1-2H3. The van der Waals surface area contributed by atoms with E-state index >= 15 is 0 Å². The first-order chi connectivity index (χ1) is 8.88. The minimum absolute atomic E-state index is 0.101. The van der Waals surface area contributed by atoms with Crippen LogP contribution in [0.1, 0.15) is 0 Å². The predicted molar refractivity (Wildman–Crippen MR) is 81.7 cm³/mol. The summed E-state index contributed by atoms with van der Waals surface area (Å²) < 4.78 is 3.98. The molecule has 0 amide bonds. The molecule has 0 spiro atoms. The van der Waals surface area contributed by atoms with Crippen molar-refractivity contribution in [3.63, 3.8) is 0 Å². The van der Waals surface area contributed by atoms with Gasteiger partial charge >= 0.3 is 5.69 Å². The fourth-order valence-corrected chi connectivity index (χ4v) is 2.56. The fraction of sp³-hybridized carbons (Fsp3) is 0.500. The molecule has 0 radical (unpaired) electrons. The summed E-state index contributed by atoms with van der Waals surface area (Å²) in [6.07, 6.45) is 0. The van der Waals surface area contributed by atoms with Crippen molar-refractivity contribution in [2.24, 2.45) is 14.1 Å². The number of hydrogen-bond donors (Lipinski definition) is 0. The van der Waals surface area contributed by atoms with Gasteiger partial charge in [0.15, 0.2) is 11.2 Å². The minimum atomic E-state index is -0.422. The number of fused-ring (bicyclic) bond motifs is 1. The molecular formula is C10H11Br2ClN4O2. The van der Waals surface area contributed by atoms with Crippen LogP contribution in [0.5, 0.6) is 0 Å². The van der Waals surface area contributed by atoms with Crippen LogP contribution in [0, 0.1) is 0 Å². The Hall–Kier alpha value is -0.600. The molecule has 0 aliphatic carbocycles. The summed E-state index contributed by atoms with van der Waals surface area (Å²) in [5.74, 6) is 0. The van der Waals surface area contributed by atoms with Crippen LogP contribution in [0.4, 0.5) is 0 Å². The van der Waals surface area contributed by atoms with E-state index in [-0.39, 0.29) is 10.1 Å². The lowest BCUT2D eigenvalue weighted by atomic mass is 10.4. The second-order valence-corrected chi connectivity index (χ2v) is 6.40. The highest BCUT2D eigenvalue weighted by Gasteiger charge is 2.19. The van der Waals surface area contributed by atoms with Crippen molar-refractivity contribution in [1.29, 1.82) is 0 Å². The number of alkyl halides is 2. The molecule has 0 bridgehead atoms. The number of aryl methyl sites for hydroxylation is 1. The molecule has 2 rings (SSSR count). The van der Waals surface area contributed by atoms with Crippen LogP contribution < -0.4 is 11.2 Å². The zero-order valence-electron chi connectivity index (χ0n) is 10.2. The summed E-state index contributed by atoms with van der Waals surface area (Å²) in [6.45, 7) is 0.480. The quantitative estimate of drug-likeness (QED) is 0.561. The molecule has 6 nitrogen and oxygen atoms in total. The van der Waals surface area contributed by atoms with Crippen molar-refractivity contribution < 1.29 is 0 Å². The molecule has 2 aromatic rings. The molecule has 2 heterocycles. The van der Waals surface area contributed by atoms with Gasteiger partial charge in [0, 0.05) is 30.8 Å². The van der Waals surface area contributed by atoms with Gasteiger partial charge in [-0.05, 0) is 11.6 Å². The van der Waals surface area contributed by atoms with E-state index < -0.39 is 11.2 Å². The maximum atomic E-state index is 12.2. The number of nitrogens with zero attached hydrogens (tertiary/aromatic N) is 4. The van der Waals surface area contributed by atoms with Gasteiger partial charge in [0.05, 0.1) is 0 Å². The number of aromatic nitrogens is 4. The number of hydrogen-bond acceptors (Lipinski definition) is 3. The van der Waals surface area contributed by atoms with Crippen LogP contribution in [0.15, 0.2) is 9.59 Å². The van der Waals surface area contributed by atoms with Crippen molar-refractivity contribution in [3.8, 4) is 0 Å². The van der Waals surface area contributed by atoms with E-state index in [1.54, 1.807) is 11.6 Å². The monoisotopic (exact) mass is 412 g/mol. The molecule has 9 heteroatoms. The summed E-state index contributed by atoms with van der Waals surface area (Å²) >= 11 is 12.9. The van der Waals surface area contributed by atoms with Crippen LogP contribution in [-0.2, 0) is 20.6 Å². The Morgan fingerprint density at radius 3 is 2.53 bits per heavy atom. The average molecular weight is 414 g/mol. The molecular weight excluding hydrogens is 403 g/mol. The largest absolute Gasteiger partial charge is 0.332 e. The second kappa shape index (κ2) is 5.41. The molecule has 2 aromatic heterocycles. The minimum Gasteiger partial charge on any atom is -0.308 e. The lowest BCUT2D eigenvalue weighted by Crippen LogP contribution is -2.37. The maximum absolute atomic E-state index is 12.2. The van der Waals surface area contributed by atoms with Gasteiger partial charge in [0.1, 0.15) is 0 Å². The van der Waals surface area contributed by atoms with Gasteiger partial charge < -0.3 is 4.57 Å². The van der Waals surface area contributed by atoms with E-state index in [1.165, 1.54) is 11.6 Å². The lowest BCUT2D eigenvalue weighted by molar-refractivity contribution is 0.689. The summed E-state index contributed by atoms with van der Waals surface area (Å²) in [5.41, 5.74) is -0.186. The molecule has 1 atom stereocenters. The molecule has 0 fully saturated rings. The lowest BCUT2D eigenvalue weighted by Gasteiger charge is -2.09. The SMILES string of the molecule is Cn1c(=O)c2c(nc(Cl)n2CC(Br)CBr)n(C)c1=O. The van der Waals surface area contributed by atoms with Crippen LogP contribution in [0.25, 0.3) is 11.2 Å². The van der Waals surface area contributed by atoms with E-state index in [2.05, 4.69) is 36.8 Å². The number of imidazole rings is 1. The Kier molecular flexibility index (Phi) is 4.22. The third-order valence-electron chi connectivity index (χ3n) is 2.85. The third kappa shape index (κ3) is 2.41. The Balaban J connectivity index is 2.83. The van der Waals surface area contributed by atoms with Gasteiger partial charge in [-0.1, -0.05) is 31.9 Å². The van der Waals surface area contributed by atoms with E-state index in [0.717, 1.165) is 4.57 Å². The zero-order chi connectivity index (χ0) is 14.3. The van der Waals surface area contributed by atoms with Gasteiger partial charge in [-0.25, -0.2) is 4.79 Å². The first-order valence-electron chi connectivity index (χ1n) is 5.40. The molecule has 0 aliphatic heterocycles. The molecule has 0 saturated heterocycles. The summed E-state index contributed by atoms with van der Waals surface area (Å²) in [6, 6.07) is 0. The molecule has 0 aliphatic rings. The van der Waals surface area contributed by atoms with E-state index in [1.807, 2.05) is 0 Å². The summed E-state index contributed by atoms with van der Waals surface area (Å²) in [4.78, 5) is 28.2. The Bertz CT molecular complexity index is 749. The van der Waals surface area contributed by atoms with E-state index in [9.17, 15) is 9.59 Å². The number of rotatable bonds is 3. The van der Waals surface area contributed by atoms with Gasteiger partial charge in [-0.3, -0.25) is 13.9 Å². The molecule has 1 unspecified atom stereocenters. The highest BCUT2D eigenvalue weighted by molar-refractivity contribution is 9.12. The van der Waals surface area contributed by atoms with Crippen molar-refractivity contribution in [2.75, 3.05) is 5.33 Å². The second-order valence-electron chi connectivity index (χ2n) is 4.12. The van der Waals surface area contributed by atoms with Gasteiger partial charge in [0.2, 0.25) is 5.28 Å². The normalized spacial score (nSPS) is 13.1. The third-order valence-corrected chi connectivity index (χ3v) is 5.40. The molecule has 19 heavy (non-hydrogen) atoms. The zero-order valence-corrected chi connectivity index (χ0v) is 14.2. The molecule has 0 saturated carbocycles. The highest BCUT2D eigenvalue weighted by Crippen LogP contribution is 2.18. The Labute approximate surface area is 130 Å². The first kappa shape index (κ1) is 14.8. The molecule has 0 aromatic carbocycles. The van der Waals surface area contributed by atoms with Gasteiger partial charge in [0.25, 0.3) is 5.56 Å². The van der Waals surface area contributed by atoms with Crippen LogP contribution >= 0.6 is 43.5 Å². The van der Waals surface area contributed by atoms with Crippen molar-refractivity contribution in [1.82, 2.24) is 18.7 Å². The topological polar surface area (TPSA) is 61.8 Å². The van der Waals surface area contributed by atoms with Gasteiger partial charge in [-0.15, -0.1) is 0 Å². The Morgan fingerprint density at radius 1 is 1.32 bits per heavy atom. The first-order valence-corrected chi connectivity index (χ1v) is 7.81. The van der Waals surface area contributed by atoms with E-state index in [4.69, 9.17) is 11.6 Å². The highest BCUT2D eigenvalue weighted by atomic mass is 79.9. The van der Waals surface area contributed by atoms with Crippen LogP contribution in [0.3, 0.4) is 0 Å². The van der Waals surface area contributed by atoms with Crippen molar-refractivity contribution >= 4 is 54.6 Å². The molecule has 104 valence electrons. The summed E-state index contributed by atoms with van der Waals surface area (Å²) in [5, 5.41) is 0.897. The van der Waals surface area contributed by atoms with E-state index in [0.29, 0.717) is 23.0 Å². The fourth-order valence-electron chi connectivity index (χ4n) is 1.83. The maximum Gasteiger partial charge on any atom is 0.332 e. The van der Waals surface area contributed by atoms with Crippen LogP contribution in [-0.4, -0.2) is 28.8 Å². The van der Waals surface area contributed by atoms with Crippen molar-refractivity contribution in [2.45, 2.75) is 11.4 Å². The number of halogens is 3. The van der Waals surface area contributed by atoms with Crippen LogP contribution in [0.2, 0.25) is 5.28 Å². The Morgan fingerprint density at radius 2 is 1.95 bits per heavy atom. The van der Waals surface area contributed by atoms with Crippen molar-refractivity contribution in [3.05, 3.63) is 26.1 Å². The smallest absolute Gasteiger partial charge is 0.308 e.